The summed E-state index contributed by atoms with van der Waals surface area (Å²) in [5.41, 5.74) is 0.544. The molecule has 0 spiro atoms. The molecule has 2 heteroatoms. The smallest absolute Gasteiger partial charge is 0.00279 e. The van der Waals surface area contributed by atoms with Gasteiger partial charge in [-0.05, 0) is 11.8 Å². The monoisotopic (exact) mass is 273 g/mol. The van der Waals surface area contributed by atoms with Gasteiger partial charge in [-0.2, -0.15) is 0 Å². The number of rotatable bonds is 11. The molecular weight excluding hydrogens is 234 g/mol. The van der Waals surface area contributed by atoms with Gasteiger partial charge in [-0.15, -0.1) is 0 Å². The Kier molecular flexibility index (Phi) is 15.5. The molecule has 0 unspecified atom stereocenters. The zero-order valence-electron chi connectivity index (χ0n) is 13.7. The third kappa shape index (κ3) is 18.5. The lowest BCUT2D eigenvalue weighted by Gasteiger charge is -2.17. The van der Waals surface area contributed by atoms with Gasteiger partial charge in [-0.1, -0.05) is 91.0 Å². The van der Waals surface area contributed by atoms with Gasteiger partial charge in [0.1, 0.15) is 0 Å². The zero-order valence-corrected chi connectivity index (χ0v) is 15.7. The molecule has 0 aromatic rings. The SMILES string of the molecule is CC(C)(C)CCCCCCCCCCCC[SiH3].N. The first-order valence-electron chi connectivity index (χ1n) is 8.06. The van der Waals surface area contributed by atoms with E-state index in [9.17, 15) is 0 Å². The van der Waals surface area contributed by atoms with Gasteiger partial charge in [0.05, 0.1) is 0 Å². The standard InChI is InChI=1S/C16H36Si.H3N/c1-16(2,3)14-12-10-8-6-4-5-7-9-11-13-15-17;/h4-15H2,1-3,17H3;1H3. The largest absolute Gasteiger partial charge is 0.344 e. The Bertz CT molecular complexity index is 152. The summed E-state index contributed by atoms with van der Waals surface area (Å²) in [5, 5.41) is 0. The van der Waals surface area contributed by atoms with E-state index in [1.165, 1.54) is 86.9 Å². The first-order chi connectivity index (χ1) is 8.06. The fraction of sp³-hybridized carbons (Fsp3) is 1.00. The summed E-state index contributed by atoms with van der Waals surface area (Å²) < 4.78 is 0. The highest BCUT2D eigenvalue weighted by Crippen LogP contribution is 2.22. The van der Waals surface area contributed by atoms with Crippen LogP contribution in [0.2, 0.25) is 6.04 Å². The van der Waals surface area contributed by atoms with Crippen molar-refractivity contribution >= 4 is 10.2 Å². The van der Waals surface area contributed by atoms with Gasteiger partial charge in [0.2, 0.25) is 0 Å². The lowest BCUT2D eigenvalue weighted by atomic mass is 9.89. The van der Waals surface area contributed by atoms with Gasteiger partial charge in [-0.3, -0.25) is 0 Å². The van der Waals surface area contributed by atoms with Crippen molar-refractivity contribution in [3.8, 4) is 0 Å². The molecule has 0 aliphatic rings. The molecule has 0 saturated heterocycles. The average Bonchev–Trinajstić information content (AvgIpc) is 2.24. The van der Waals surface area contributed by atoms with Gasteiger partial charge in [-0.25, -0.2) is 0 Å². The summed E-state index contributed by atoms with van der Waals surface area (Å²) in [6, 6.07) is 1.51. The first-order valence-corrected chi connectivity index (χ1v) is 9.47. The number of hydrogen-bond acceptors (Lipinski definition) is 1. The van der Waals surface area contributed by atoms with Crippen LogP contribution in [0.25, 0.3) is 0 Å². The third-order valence-electron chi connectivity index (χ3n) is 3.53. The van der Waals surface area contributed by atoms with Gasteiger partial charge in [0.15, 0.2) is 0 Å². The predicted octanol–water partition coefficient (Wildman–Crippen LogP) is 5.27. The van der Waals surface area contributed by atoms with Crippen LogP contribution in [0.3, 0.4) is 0 Å². The fourth-order valence-corrected chi connectivity index (χ4v) is 2.82. The molecule has 0 amide bonds. The Morgan fingerprint density at radius 3 is 1.28 bits per heavy atom. The molecule has 0 saturated carbocycles. The Morgan fingerprint density at radius 1 is 0.611 bits per heavy atom. The van der Waals surface area contributed by atoms with Gasteiger partial charge in [0.25, 0.3) is 0 Å². The number of hydrogen-bond donors (Lipinski definition) is 1. The Hall–Kier alpha value is 0.177. The van der Waals surface area contributed by atoms with E-state index in [-0.39, 0.29) is 6.15 Å². The highest BCUT2D eigenvalue weighted by molar-refractivity contribution is 6.08. The maximum absolute atomic E-state index is 2.35. The first kappa shape index (κ1) is 20.5. The van der Waals surface area contributed by atoms with E-state index >= 15 is 0 Å². The Morgan fingerprint density at radius 2 is 0.944 bits per heavy atom. The Balaban J connectivity index is 0. The van der Waals surface area contributed by atoms with Crippen LogP contribution in [0.4, 0.5) is 0 Å². The summed E-state index contributed by atoms with van der Waals surface area (Å²) in [7, 11) is 1.41. The normalized spacial score (nSPS) is 11.5. The summed E-state index contributed by atoms with van der Waals surface area (Å²) >= 11 is 0. The second-order valence-electron chi connectivity index (χ2n) is 6.85. The van der Waals surface area contributed by atoms with E-state index in [2.05, 4.69) is 20.8 Å². The topological polar surface area (TPSA) is 35.0 Å². The van der Waals surface area contributed by atoms with Crippen molar-refractivity contribution in [3.05, 3.63) is 0 Å². The van der Waals surface area contributed by atoms with E-state index in [1.54, 1.807) is 0 Å². The van der Waals surface area contributed by atoms with Crippen molar-refractivity contribution in [1.29, 1.82) is 0 Å². The molecule has 0 heterocycles. The van der Waals surface area contributed by atoms with E-state index in [0.717, 1.165) is 0 Å². The summed E-state index contributed by atoms with van der Waals surface area (Å²) in [6.45, 7) is 7.06. The molecule has 1 nitrogen and oxygen atoms in total. The summed E-state index contributed by atoms with van der Waals surface area (Å²) in [6.07, 6.45) is 16.2. The lowest BCUT2D eigenvalue weighted by Crippen LogP contribution is -2.03. The molecule has 0 aromatic heterocycles. The minimum atomic E-state index is 0. The van der Waals surface area contributed by atoms with E-state index in [4.69, 9.17) is 0 Å². The molecule has 0 aliphatic heterocycles. The van der Waals surface area contributed by atoms with Crippen LogP contribution in [0, 0.1) is 5.41 Å². The van der Waals surface area contributed by atoms with Crippen molar-refractivity contribution in [1.82, 2.24) is 6.15 Å². The van der Waals surface area contributed by atoms with Crippen LogP contribution in [-0.2, 0) is 0 Å². The molecule has 3 N–H and O–H groups in total. The van der Waals surface area contributed by atoms with Gasteiger partial charge < -0.3 is 6.15 Å². The third-order valence-corrected chi connectivity index (χ3v) is 4.24. The quantitative estimate of drug-likeness (QED) is 0.404. The van der Waals surface area contributed by atoms with Crippen molar-refractivity contribution in [2.75, 3.05) is 0 Å². The van der Waals surface area contributed by atoms with Crippen LogP contribution >= 0.6 is 0 Å². The minimum absolute atomic E-state index is 0. The lowest BCUT2D eigenvalue weighted by molar-refractivity contribution is 0.356. The molecule has 0 bridgehead atoms. The zero-order chi connectivity index (χ0) is 13.0. The van der Waals surface area contributed by atoms with Crippen molar-refractivity contribution in [2.24, 2.45) is 5.41 Å². The highest BCUT2D eigenvalue weighted by Gasteiger charge is 2.08. The van der Waals surface area contributed by atoms with Gasteiger partial charge in [0, 0.05) is 10.2 Å². The van der Waals surface area contributed by atoms with E-state index < -0.39 is 0 Å². The van der Waals surface area contributed by atoms with Gasteiger partial charge >= 0.3 is 0 Å². The van der Waals surface area contributed by atoms with E-state index in [1.807, 2.05) is 0 Å². The molecule has 0 aromatic carbocycles. The van der Waals surface area contributed by atoms with Crippen LogP contribution in [0.1, 0.15) is 91.4 Å². The summed E-state index contributed by atoms with van der Waals surface area (Å²) in [4.78, 5) is 0. The molecule has 112 valence electrons. The Labute approximate surface area is 120 Å². The van der Waals surface area contributed by atoms with Crippen molar-refractivity contribution in [3.63, 3.8) is 0 Å². The van der Waals surface area contributed by atoms with E-state index in [0.29, 0.717) is 5.41 Å². The van der Waals surface area contributed by atoms with Crippen LogP contribution in [0.15, 0.2) is 0 Å². The summed E-state index contributed by atoms with van der Waals surface area (Å²) in [5.74, 6) is 0. The van der Waals surface area contributed by atoms with Crippen LogP contribution in [-0.4, -0.2) is 10.2 Å². The molecule has 0 radical (unpaired) electrons. The maximum Gasteiger partial charge on any atom is 0.00279 e. The second-order valence-corrected chi connectivity index (χ2v) is 7.85. The predicted molar refractivity (Wildman–Crippen MR) is 90.0 cm³/mol. The van der Waals surface area contributed by atoms with Crippen LogP contribution in [0.5, 0.6) is 0 Å². The molecule has 0 atom stereocenters. The van der Waals surface area contributed by atoms with Crippen molar-refractivity contribution < 1.29 is 0 Å². The average molecular weight is 274 g/mol. The minimum Gasteiger partial charge on any atom is -0.344 e. The van der Waals surface area contributed by atoms with Crippen molar-refractivity contribution in [2.45, 2.75) is 97.4 Å². The molecule has 18 heavy (non-hydrogen) atoms. The molecule has 0 aliphatic carbocycles. The highest BCUT2D eigenvalue weighted by atomic mass is 28.1. The maximum atomic E-state index is 2.35. The molecular formula is C16H39NSi. The molecule has 0 fully saturated rings. The second kappa shape index (κ2) is 13.6. The number of unbranched alkanes of at least 4 members (excludes halogenated alkanes) is 9. The fourth-order valence-electron chi connectivity index (χ4n) is 2.32. The van der Waals surface area contributed by atoms with Crippen LogP contribution < -0.4 is 6.15 Å². The molecule has 0 rings (SSSR count).